The Hall–Kier alpha value is -3.22. The average molecular weight is 413 g/mol. The van der Waals surface area contributed by atoms with Crippen molar-refractivity contribution in [3.8, 4) is 17.2 Å². The predicted molar refractivity (Wildman–Crippen MR) is 111 cm³/mol. The number of esters is 1. The Morgan fingerprint density at radius 3 is 2.40 bits per heavy atom. The molecular weight excluding hydrogens is 386 g/mol. The Morgan fingerprint density at radius 2 is 1.73 bits per heavy atom. The standard InChI is InChI=1S/C23H27NO6/c1-15-7-5-6-8-19(15)30-14-22(25)24-10-9-16-11-20(27-2)21(28-3)12-17(16)18(24)13-23(26)29-4/h5-8,11-12,18H,9-10,13-14H2,1-4H3/t18-/m1/s1. The second-order valence-electron chi connectivity index (χ2n) is 7.09. The van der Waals surface area contributed by atoms with Crippen molar-refractivity contribution in [2.45, 2.75) is 25.8 Å². The summed E-state index contributed by atoms with van der Waals surface area (Å²) in [4.78, 5) is 26.8. The van der Waals surface area contributed by atoms with E-state index in [1.54, 1.807) is 19.1 Å². The lowest BCUT2D eigenvalue weighted by molar-refractivity contribution is -0.144. The smallest absolute Gasteiger partial charge is 0.307 e. The molecule has 3 rings (SSSR count). The van der Waals surface area contributed by atoms with E-state index in [0.717, 1.165) is 16.7 Å². The first-order chi connectivity index (χ1) is 14.5. The first-order valence-electron chi connectivity index (χ1n) is 9.78. The summed E-state index contributed by atoms with van der Waals surface area (Å²) in [5.41, 5.74) is 2.83. The zero-order valence-corrected chi connectivity index (χ0v) is 17.8. The highest BCUT2D eigenvalue weighted by Crippen LogP contribution is 2.39. The number of carbonyl (C=O) groups excluding carboxylic acids is 2. The van der Waals surface area contributed by atoms with Gasteiger partial charge in [-0.1, -0.05) is 18.2 Å². The lowest BCUT2D eigenvalue weighted by atomic mass is 9.90. The van der Waals surface area contributed by atoms with Gasteiger partial charge < -0.3 is 23.8 Å². The molecule has 1 atom stereocenters. The highest BCUT2D eigenvalue weighted by Gasteiger charge is 2.34. The van der Waals surface area contributed by atoms with E-state index in [4.69, 9.17) is 18.9 Å². The molecular formula is C23H27NO6. The Kier molecular flexibility index (Phi) is 6.82. The van der Waals surface area contributed by atoms with Crippen molar-refractivity contribution in [1.29, 1.82) is 0 Å². The van der Waals surface area contributed by atoms with Gasteiger partial charge in [-0.3, -0.25) is 9.59 Å². The van der Waals surface area contributed by atoms with E-state index >= 15 is 0 Å². The molecule has 160 valence electrons. The van der Waals surface area contributed by atoms with Crippen molar-refractivity contribution in [1.82, 2.24) is 4.90 Å². The van der Waals surface area contributed by atoms with Gasteiger partial charge in [-0.2, -0.15) is 0 Å². The molecule has 0 fully saturated rings. The summed E-state index contributed by atoms with van der Waals surface area (Å²) in [7, 11) is 4.48. The number of fused-ring (bicyclic) bond motifs is 1. The van der Waals surface area contributed by atoms with Crippen LogP contribution in [0, 0.1) is 6.92 Å². The van der Waals surface area contributed by atoms with Crippen LogP contribution in [0.4, 0.5) is 0 Å². The summed E-state index contributed by atoms with van der Waals surface area (Å²) in [5.74, 6) is 1.26. The SMILES string of the molecule is COC(=O)C[C@@H]1c2cc(OC)c(OC)cc2CCN1C(=O)COc1ccccc1C. The van der Waals surface area contributed by atoms with Gasteiger partial charge in [0, 0.05) is 6.54 Å². The van der Waals surface area contributed by atoms with E-state index in [-0.39, 0.29) is 24.9 Å². The molecule has 7 nitrogen and oxygen atoms in total. The molecule has 0 bridgehead atoms. The number of aryl methyl sites for hydroxylation is 1. The maximum absolute atomic E-state index is 13.0. The molecule has 1 heterocycles. The highest BCUT2D eigenvalue weighted by molar-refractivity contribution is 5.80. The topological polar surface area (TPSA) is 74.3 Å². The van der Waals surface area contributed by atoms with E-state index in [1.807, 2.05) is 43.3 Å². The fourth-order valence-electron chi connectivity index (χ4n) is 3.73. The van der Waals surface area contributed by atoms with E-state index < -0.39 is 6.04 Å². The number of carbonyl (C=O) groups is 2. The molecule has 0 radical (unpaired) electrons. The van der Waals surface area contributed by atoms with Gasteiger partial charge in [0.2, 0.25) is 0 Å². The molecule has 0 aliphatic carbocycles. The zero-order valence-electron chi connectivity index (χ0n) is 17.8. The number of para-hydroxylation sites is 1. The minimum Gasteiger partial charge on any atom is -0.493 e. The Balaban J connectivity index is 1.87. The van der Waals surface area contributed by atoms with E-state index in [2.05, 4.69) is 0 Å². The van der Waals surface area contributed by atoms with Gasteiger partial charge in [-0.05, 0) is 48.2 Å². The van der Waals surface area contributed by atoms with Gasteiger partial charge in [0.05, 0.1) is 33.8 Å². The van der Waals surface area contributed by atoms with Crippen LogP contribution in [0.2, 0.25) is 0 Å². The van der Waals surface area contributed by atoms with Crippen LogP contribution in [0.15, 0.2) is 36.4 Å². The van der Waals surface area contributed by atoms with E-state index in [9.17, 15) is 9.59 Å². The predicted octanol–water partition coefficient (Wildman–Crippen LogP) is 3.08. The lowest BCUT2D eigenvalue weighted by Gasteiger charge is -2.37. The third-order valence-electron chi connectivity index (χ3n) is 5.36. The molecule has 0 aromatic heterocycles. The number of ether oxygens (including phenoxy) is 4. The number of amides is 1. The van der Waals surface area contributed by atoms with Crippen molar-refractivity contribution in [3.63, 3.8) is 0 Å². The quantitative estimate of drug-likeness (QED) is 0.650. The maximum Gasteiger partial charge on any atom is 0.307 e. The van der Waals surface area contributed by atoms with Crippen LogP contribution in [0.5, 0.6) is 17.2 Å². The van der Waals surface area contributed by atoms with Crippen LogP contribution in [-0.4, -0.2) is 51.3 Å². The van der Waals surface area contributed by atoms with Crippen molar-refractivity contribution in [2.24, 2.45) is 0 Å². The number of rotatable bonds is 7. The van der Waals surface area contributed by atoms with Crippen LogP contribution in [0.1, 0.15) is 29.2 Å². The molecule has 30 heavy (non-hydrogen) atoms. The molecule has 1 amide bonds. The van der Waals surface area contributed by atoms with Gasteiger partial charge in [-0.25, -0.2) is 0 Å². The largest absolute Gasteiger partial charge is 0.493 e. The van der Waals surface area contributed by atoms with Crippen LogP contribution in [0.3, 0.4) is 0 Å². The zero-order chi connectivity index (χ0) is 21.7. The molecule has 7 heteroatoms. The number of hydrogen-bond donors (Lipinski definition) is 0. The van der Waals surface area contributed by atoms with Crippen LogP contribution in [-0.2, 0) is 20.7 Å². The normalized spacial score (nSPS) is 15.2. The summed E-state index contributed by atoms with van der Waals surface area (Å²) < 4.78 is 21.4. The summed E-state index contributed by atoms with van der Waals surface area (Å²) in [6, 6.07) is 10.8. The molecule has 0 saturated heterocycles. The number of nitrogens with zero attached hydrogens (tertiary/aromatic N) is 1. The van der Waals surface area contributed by atoms with Gasteiger partial charge in [0.25, 0.3) is 5.91 Å². The molecule has 2 aromatic rings. The summed E-state index contributed by atoms with van der Waals surface area (Å²) >= 11 is 0. The Morgan fingerprint density at radius 1 is 1.03 bits per heavy atom. The Bertz CT molecular complexity index is 926. The summed E-state index contributed by atoms with van der Waals surface area (Å²) in [6.45, 7) is 2.29. The second kappa shape index (κ2) is 9.52. The number of methoxy groups -OCH3 is 3. The second-order valence-corrected chi connectivity index (χ2v) is 7.09. The first-order valence-corrected chi connectivity index (χ1v) is 9.78. The van der Waals surface area contributed by atoms with Gasteiger partial charge >= 0.3 is 5.97 Å². The molecule has 0 saturated carbocycles. The third-order valence-corrected chi connectivity index (χ3v) is 5.36. The van der Waals surface area contributed by atoms with Crippen molar-refractivity contribution in [2.75, 3.05) is 34.5 Å². The van der Waals surface area contributed by atoms with E-state index in [1.165, 1.54) is 7.11 Å². The lowest BCUT2D eigenvalue weighted by Crippen LogP contribution is -2.43. The molecule has 1 aliphatic rings. The van der Waals surface area contributed by atoms with Crippen LogP contribution in [0.25, 0.3) is 0 Å². The van der Waals surface area contributed by atoms with Gasteiger partial charge in [0.1, 0.15) is 5.75 Å². The van der Waals surface area contributed by atoms with Gasteiger partial charge in [-0.15, -0.1) is 0 Å². The minimum atomic E-state index is -0.464. The fourth-order valence-corrected chi connectivity index (χ4v) is 3.73. The average Bonchev–Trinajstić information content (AvgIpc) is 2.77. The number of benzene rings is 2. The Labute approximate surface area is 176 Å². The number of hydrogen-bond acceptors (Lipinski definition) is 6. The highest BCUT2D eigenvalue weighted by atomic mass is 16.5. The summed E-state index contributed by atoms with van der Waals surface area (Å²) in [5, 5.41) is 0. The van der Waals surface area contributed by atoms with Crippen molar-refractivity contribution < 1.29 is 28.5 Å². The molecule has 0 N–H and O–H groups in total. The fraction of sp³-hybridized carbons (Fsp3) is 0.391. The molecule has 0 spiro atoms. The summed E-state index contributed by atoms with van der Waals surface area (Å²) in [6.07, 6.45) is 0.693. The van der Waals surface area contributed by atoms with Crippen LogP contribution >= 0.6 is 0 Å². The van der Waals surface area contributed by atoms with Crippen molar-refractivity contribution >= 4 is 11.9 Å². The molecule has 0 unspecified atom stereocenters. The van der Waals surface area contributed by atoms with Crippen LogP contribution < -0.4 is 14.2 Å². The minimum absolute atomic E-state index is 0.0507. The van der Waals surface area contributed by atoms with Crippen molar-refractivity contribution in [3.05, 3.63) is 53.1 Å². The molecule has 1 aliphatic heterocycles. The van der Waals surface area contributed by atoms with Gasteiger partial charge in [0.15, 0.2) is 18.1 Å². The third kappa shape index (κ3) is 4.50. The first kappa shape index (κ1) is 21.5. The van der Waals surface area contributed by atoms with E-state index in [0.29, 0.717) is 30.2 Å². The maximum atomic E-state index is 13.0. The monoisotopic (exact) mass is 413 g/mol. The molecule has 2 aromatic carbocycles.